The second-order valence-electron chi connectivity index (χ2n) is 5.02. The predicted molar refractivity (Wildman–Crippen MR) is 68.6 cm³/mol. The Balaban J connectivity index is 2.80. The van der Waals surface area contributed by atoms with E-state index in [0.717, 1.165) is 0 Å². The van der Waals surface area contributed by atoms with Crippen LogP contribution >= 0.6 is 0 Å². The molecule has 100 valence electrons. The number of aromatic nitrogens is 1. The number of hydrogen-bond donors (Lipinski definition) is 2. The molecule has 0 aliphatic heterocycles. The van der Waals surface area contributed by atoms with Crippen LogP contribution in [0.5, 0.6) is 5.88 Å². The largest absolute Gasteiger partial charge is 0.475 e. The van der Waals surface area contributed by atoms with Crippen molar-refractivity contribution in [3.8, 4) is 5.88 Å². The first-order chi connectivity index (χ1) is 8.34. The molecule has 0 fully saturated rings. The Morgan fingerprint density at radius 2 is 2.17 bits per heavy atom. The normalized spacial score (nSPS) is 11.4. The van der Waals surface area contributed by atoms with Gasteiger partial charge in [-0.05, 0) is 33.8 Å². The molecule has 5 heteroatoms. The molecule has 0 aliphatic carbocycles. The molecule has 0 saturated heterocycles. The Bertz CT molecular complexity index is 416. The molecule has 1 amide bonds. The number of aliphatic hydroxyl groups excluding tert-OH is 1. The Morgan fingerprint density at radius 1 is 1.50 bits per heavy atom. The minimum Gasteiger partial charge on any atom is -0.475 e. The van der Waals surface area contributed by atoms with Gasteiger partial charge in [-0.2, -0.15) is 0 Å². The third kappa shape index (κ3) is 4.33. The van der Waals surface area contributed by atoms with E-state index >= 15 is 0 Å². The molecule has 5 nitrogen and oxygen atoms in total. The number of amides is 1. The van der Waals surface area contributed by atoms with Crippen molar-refractivity contribution in [1.29, 1.82) is 0 Å². The molecule has 0 aliphatic rings. The van der Waals surface area contributed by atoms with Crippen LogP contribution in [0.4, 0.5) is 0 Å². The van der Waals surface area contributed by atoms with Crippen LogP contribution in [0.1, 0.15) is 38.2 Å². The summed E-state index contributed by atoms with van der Waals surface area (Å²) in [6.07, 6.45) is 0.00435. The Labute approximate surface area is 107 Å². The summed E-state index contributed by atoms with van der Waals surface area (Å²) in [4.78, 5) is 16.0. The monoisotopic (exact) mass is 252 g/mol. The predicted octanol–water partition coefficient (Wildman–Crippen LogP) is 1.37. The molecule has 18 heavy (non-hydrogen) atoms. The smallest absolute Gasteiger partial charge is 0.270 e. The van der Waals surface area contributed by atoms with E-state index in [1.54, 1.807) is 32.0 Å². The van der Waals surface area contributed by atoms with E-state index in [2.05, 4.69) is 10.3 Å². The van der Waals surface area contributed by atoms with Crippen molar-refractivity contribution < 1.29 is 14.6 Å². The maximum atomic E-state index is 11.9. The van der Waals surface area contributed by atoms with Gasteiger partial charge in [0.15, 0.2) is 0 Å². The van der Waals surface area contributed by atoms with Gasteiger partial charge in [0.05, 0.1) is 18.2 Å². The van der Waals surface area contributed by atoms with Crippen LogP contribution in [0, 0.1) is 0 Å². The number of carbonyl (C=O) groups is 1. The summed E-state index contributed by atoms with van der Waals surface area (Å²) in [7, 11) is 0. The molecular weight excluding hydrogens is 232 g/mol. The zero-order valence-corrected chi connectivity index (χ0v) is 11.2. The van der Waals surface area contributed by atoms with Crippen LogP contribution in [0.25, 0.3) is 0 Å². The lowest BCUT2D eigenvalue weighted by molar-refractivity contribution is 0.0862. The van der Waals surface area contributed by atoms with Crippen molar-refractivity contribution in [1.82, 2.24) is 10.3 Å². The highest BCUT2D eigenvalue weighted by atomic mass is 16.5. The van der Waals surface area contributed by atoms with Crippen LogP contribution in [-0.2, 0) is 0 Å². The Morgan fingerprint density at radius 3 is 2.72 bits per heavy atom. The zero-order valence-electron chi connectivity index (χ0n) is 11.2. The van der Waals surface area contributed by atoms with E-state index in [-0.39, 0.29) is 24.3 Å². The second-order valence-corrected chi connectivity index (χ2v) is 5.02. The van der Waals surface area contributed by atoms with Gasteiger partial charge in [-0.25, -0.2) is 4.98 Å². The van der Waals surface area contributed by atoms with Gasteiger partial charge < -0.3 is 15.2 Å². The van der Waals surface area contributed by atoms with Crippen molar-refractivity contribution in [2.45, 2.75) is 39.3 Å². The number of nitrogens with one attached hydrogen (secondary N) is 1. The Kier molecular flexibility index (Phi) is 4.67. The number of nitrogens with zero attached hydrogens (tertiary/aromatic N) is 1. The highest BCUT2D eigenvalue weighted by molar-refractivity contribution is 5.92. The molecule has 0 bridgehead atoms. The van der Waals surface area contributed by atoms with Gasteiger partial charge in [0, 0.05) is 6.07 Å². The quantitative estimate of drug-likeness (QED) is 0.830. The summed E-state index contributed by atoms with van der Waals surface area (Å²) < 4.78 is 5.42. The summed E-state index contributed by atoms with van der Waals surface area (Å²) in [5.74, 6) is 0.0858. The van der Waals surface area contributed by atoms with Crippen LogP contribution < -0.4 is 10.1 Å². The van der Waals surface area contributed by atoms with Crippen molar-refractivity contribution in [2.24, 2.45) is 0 Å². The average Bonchev–Trinajstić information content (AvgIpc) is 2.28. The molecule has 1 aromatic rings. The number of aliphatic hydroxyl groups is 1. The summed E-state index contributed by atoms with van der Waals surface area (Å²) in [5.41, 5.74) is -0.400. The third-order valence-electron chi connectivity index (χ3n) is 2.16. The summed E-state index contributed by atoms with van der Waals surface area (Å²) in [6, 6.07) is 5.02. The molecule has 0 spiro atoms. The summed E-state index contributed by atoms with van der Waals surface area (Å²) in [5, 5.41) is 11.8. The number of ether oxygens (including phenoxy) is 1. The topological polar surface area (TPSA) is 71.5 Å². The van der Waals surface area contributed by atoms with E-state index in [1.165, 1.54) is 0 Å². The first-order valence-electron chi connectivity index (χ1n) is 5.91. The van der Waals surface area contributed by atoms with E-state index in [0.29, 0.717) is 5.88 Å². The van der Waals surface area contributed by atoms with Crippen LogP contribution in [0.15, 0.2) is 18.2 Å². The highest BCUT2D eigenvalue weighted by Crippen LogP contribution is 2.10. The van der Waals surface area contributed by atoms with E-state index < -0.39 is 5.54 Å². The Hall–Kier alpha value is -1.62. The van der Waals surface area contributed by atoms with Crippen LogP contribution in [0.2, 0.25) is 0 Å². The third-order valence-corrected chi connectivity index (χ3v) is 2.16. The van der Waals surface area contributed by atoms with Gasteiger partial charge in [0.25, 0.3) is 5.91 Å². The minimum absolute atomic E-state index is 0.00435. The molecule has 1 rings (SSSR count). The average molecular weight is 252 g/mol. The lowest BCUT2D eigenvalue weighted by Gasteiger charge is -2.23. The fourth-order valence-corrected chi connectivity index (χ4v) is 1.26. The molecular formula is C13H20N2O3. The minimum atomic E-state index is -0.673. The summed E-state index contributed by atoms with van der Waals surface area (Å²) >= 11 is 0. The molecule has 0 atom stereocenters. The van der Waals surface area contributed by atoms with E-state index in [4.69, 9.17) is 9.84 Å². The van der Waals surface area contributed by atoms with Gasteiger partial charge >= 0.3 is 0 Å². The number of carbonyl (C=O) groups excluding carboxylic acids is 1. The van der Waals surface area contributed by atoms with Crippen LogP contribution in [0.3, 0.4) is 0 Å². The summed E-state index contributed by atoms with van der Waals surface area (Å²) in [6.45, 7) is 7.12. The number of pyridine rings is 1. The fraction of sp³-hybridized carbons (Fsp3) is 0.538. The lowest BCUT2D eigenvalue weighted by Crippen LogP contribution is -2.46. The standard InChI is InChI=1S/C13H20N2O3/c1-9(2)18-11-7-5-6-10(14-11)12(17)15-13(3,4)8-16/h5-7,9,16H,8H2,1-4H3,(H,15,17). The van der Waals surface area contributed by atoms with Gasteiger partial charge in [-0.1, -0.05) is 6.07 Å². The first kappa shape index (κ1) is 14.4. The molecule has 0 radical (unpaired) electrons. The van der Waals surface area contributed by atoms with E-state index in [9.17, 15) is 4.79 Å². The highest BCUT2D eigenvalue weighted by Gasteiger charge is 2.20. The maximum absolute atomic E-state index is 11.9. The molecule has 0 saturated carbocycles. The van der Waals surface area contributed by atoms with Gasteiger partial charge in [0.1, 0.15) is 5.69 Å². The zero-order chi connectivity index (χ0) is 13.8. The second kappa shape index (κ2) is 5.82. The lowest BCUT2D eigenvalue weighted by atomic mass is 10.1. The van der Waals surface area contributed by atoms with Gasteiger partial charge in [-0.3, -0.25) is 4.79 Å². The fourth-order valence-electron chi connectivity index (χ4n) is 1.26. The molecule has 1 aromatic heterocycles. The molecule has 1 heterocycles. The van der Waals surface area contributed by atoms with Crippen LogP contribution in [-0.4, -0.2) is 34.2 Å². The van der Waals surface area contributed by atoms with Gasteiger partial charge in [-0.15, -0.1) is 0 Å². The maximum Gasteiger partial charge on any atom is 0.270 e. The number of hydrogen-bond acceptors (Lipinski definition) is 4. The van der Waals surface area contributed by atoms with Gasteiger partial charge in [0.2, 0.25) is 5.88 Å². The van der Waals surface area contributed by atoms with Crippen molar-refractivity contribution in [3.63, 3.8) is 0 Å². The van der Waals surface area contributed by atoms with Crippen molar-refractivity contribution in [3.05, 3.63) is 23.9 Å². The molecule has 0 unspecified atom stereocenters. The first-order valence-corrected chi connectivity index (χ1v) is 5.91. The number of rotatable bonds is 5. The molecule has 0 aromatic carbocycles. The SMILES string of the molecule is CC(C)Oc1cccc(C(=O)NC(C)(C)CO)n1. The van der Waals surface area contributed by atoms with E-state index in [1.807, 2.05) is 13.8 Å². The van der Waals surface area contributed by atoms with Crippen molar-refractivity contribution >= 4 is 5.91 Å². The molecule has 2 N–H and O–H groups in total. The van der Waals surface area contributed by atoms with Crippen molar-refractivity contribution in [2.75, 3.05) is 6.61 Å².